The number of nitrogens with zero attached hydrogens (tertiary/aromatic N) is 2. The molecule has 1 saturated carbocycles. The Morgan fingerprint density at radius 3 is 2.85 bits per heavy atom. The van der Waals surface area contributed by atoms with Crippen LogP contribution in [0.15, 0.2) is 21.7 Å². The van der Waals surface area contributed by atoms with Crippen molar-refractivity contribution in [2.75, 3.05) is 11.9 Å². The first kappa shape index (κ1) is 17.9. The van der Waals surface area contributed by atoms with Crippen molar-refractivity contribution >= 4 is 43.9 Å². The fourth-order valence-electron chi connectivity index (χ4n) is 3.36. The molecule has 0 radical (unpaired) electrons. The van der Waals surface area contributed by atoms with Crippen LogP contribution in [0.3, 0.4) is 0 Å². The van der Waals surface area contributed by atoms with E-state index in [-0.39, 0.29) is 12.1 Å². The smallest absolute Gasteiger partial charge is 0.321 e. The van der Waals surface area contributed by atoms with Crippen LogP contribution in [0.4, 0.5) is 9.93 Å². The molecule has 0 bridgehead atoms. The van der Waals surface area contributed by atoms with E-state index in [1.807, 2.05) is 0 Å². The van der Waals surface area contributed by atoms with Crippen LogP contribution in [0, 0.1) is 0 Å². The molecular formula is C16H20N4O3S3. The molecule has 0 atom stereocenters. The van der Waals surface area contributed by atoms with Gasteiger partial charge < -0.3 is 5.32 Å². The van der Waals surface area contributed by atoms with E-state index in [4.69, 9.17) is 0 Å². The minimum absolute atomic E-state index is 0.230. The van der Waals surface area contributed by atoms with Crippen molar-refractivity contribution in [3.8, 4) is 0 Å². The highest BCUT2D eigenvalue weighted by Gasteiger charge is 2.31. The number of urea groups is 1. The Balaban J connectivity index is 1.43. The Morgan fingerprint density at radius 2 is 2.12 bits per heavy atom. The highest BCUT2D eigenvalue weighted by atomic mass is 32.2. The van der Waals surface area contributed by atoms with Gasteiger partial charge in [0.15, 0.2) is 5.13 Å². The second-order valence-corrected chi connectivity index (χ2v) is 10.7. The van der Waals surface area contributed by atoms with E-state index in [2.05, 4.69) is 15.6 Å². The van der Waals surface area contributed by atoms with E-state index < -0.39 is 10.0 Å². The average molecular weight is 413 g/mol. The highest BCUT2D eigenvalue weighted by molar-refractivity contribution is 7.91. The SMILES string of the molecule is O=C(Nc1nc2c(s1)CN(S(=O)(=O)c1cccs1)CC2)NC1CCCC1. The summed E-state index contributed by atoms with van der Waals surface area (Å²) in [6.45, 7) is 0.712. The number of sulfonamides is 1. The number of carbonyl (C=O) groups is 1. The zero-order chi connectivity index (χ0) is 18.1. The molecule has 2 aromatic heterocycles. The number of fused-ring (bicyclic) bond motifs is 1. The molecule has 2 aromatic rings. The van der Waals surface area contributed by atoms with E-state index in [1.54, 1.807) is 17.5 Å². The normalized spacial score (nSPS) is 18.6. The van der Waals surface area contributed by atoms with Crippen LogP contribution in [0.25, 0.3) is 0 Å². The molecule has 1 aliphatic heterocycles. The van der Waals surface area contributed by atoms with Crippen molar-refractivity contribution < 1.29 is 13.2 Å². The summed E-state index contributed by atoms with van der Waals surface area (Å²) in [6.07, 6.45) is 4.92. The van der Waals surface area contributed by atoms with Gasteiger partial charge in [-0.3, -0.25) is 5.32 Å². The number of amides is 2. The molecule has 0 unspecified atom stereocenters. The van der Waals surface area contributed by atoms with Crippen LogP contribution < -0.4 is 10.6 Å². The summed E-state index contributed by atoms with van der Waals surface area (Å²) >= 11 is 2.58. The molecule has 4 rings (SSSR count). The van der Waals surface area contributed by atoms with E-state index in [1.165, 1.54) is 27.0 Å². The van der Waals surface area contributed by atoms with Crippen LogP contribution in [0.5, 0.6) is 0 Å². The molecule has 140 valence electrons. The number of hydrogen-bond acceptors (Lipinski definition) is 6. The van der Waals surface area contributed by atoms with Crippen molar-refractivity contribution in [2.45, 2.75) is 48.9 Å². The van der Waals surface area contributed by atoms with Gasteiger partial charge in [0.2, 0.25) is 0 Å². The van der Waals surface area contributed by atoms with Crippen molar-refractivity contribution in [2.24, 2.45) is 0 Å². The molecular weight excluding hydrogens is 392 g/mol. The van der Waals surface area contributed by atoms with Crippen molar-refractivity contribution in [3.63, 3.8) is 0 Å². The van der Waals surface area contributed by atoms with Crippen molar-refractivity contribution in [1.29, 1.82) is 0 Å². The molecule has 26 heavy (non-hydrogen) atoms. The largest absolute Gasteiger partial charge is 0.335 e. The fourth-order valence-corrected chi connectivity index (χ4v) is 7.01. The number of aromatic nitrogens is 1. The lowest BCUT2D eigenvalue weighted by Crippen LogP contribution is -2.36. The van der Waals surface area contributed by atoms with E-state index in [9.17, 15) is 13.2 Å². The van der Waals surface area contributed by atoms with Gasteiger partial charge in [-0.2, -0.15) is 4.31 Å². The first-order chi connectivity index (χ1) is 12.5. The van der Waals surface area contributed by atoms with Crippen LogP contribution >= 0.6 is 22.7 Å². The third-order valence-corrected chi connectivity index (χ3v) is 8.91. The van der Waals surface area contributed by atoms with Gasteiger partial charge in [0, 0.05) is 23.9 Å². The first-order valence-corrected chi connectivity index (χ1v) is 11.8. The lowest BCUT2D eigenvalue weighted by Gasteiger charge is -2.24. The second kappa shape index (κ2) is 7.26. The molecule has 2 N–H and O–H groups in total. The maximum absolute atomic E-state index is 12.7. The summed E-state index contributed by atoms with van der Waals surface area (Å²) in [6, 6.07) is 3.38. The van der Waals surface area contributed by atoms with Gasteiger partial charge in [-0.05, 0) is 24.3 Å². The average Bonchev–Trinajstić information content (AvgIpc) is 3.35. The molecule has 0 saturated heterocycles. The lowest BCUT2D eigenvalue weighted by atomic mass is 10.2. The Bertz CT molecular complexity index is 886. The number of nitrogens with one attached hydrogen (secondary N) is 2. The zero-order valence-corrected chi connectivity index (χ0v) is 16.6. The maximum atomic E-state index is 12.7. The molecule has 2 amide bonds. The Hall–Kier alpha value is -1.49. The van der Waals surface area contributed by atoms with Gasteiger partial charge in [-0.15, -0.1) is 11.3 Å². The summed E-state index contributed by atoms with van der Waals surface area (Å²) in [4.78, 5) is 17.5. The summed E-state index contributed by atoms with van der Waals surface area (Å²) in [5, 5.41) is 8.06. The fraction of sp³-hybridized carbons (Fsp3) is 0.500. The third-order valence-electron chi connectivity index (χ3n) is 4.70. The Kier molecular flexibility index (Phi) is 5.00. The van der Waals surface area contributed by atoms with Gasteiger partial charge in [0.1, 0.15) is 4.21 Å². The quantitative estimate of drug-likeness (QED) is 0.807. The Labute approximate surface area is 160 Å². The van der Waals surface area contributed by atoms with Crippen molar-refractivity contribution in [3.05, 3.63) is 28.1 Å². The minimum atomic E-state index is -3.46. The van der Waals surface area contributed by atoms with Gasteiger partial charge >= 0.3 is 6.03 Å². The predicted molar refractivity (Wildman–Crippen MR) is 102 cm³/mol. The molecule has 0 spiro atoms. The minimum Gasteiger partial charge on any atom is -0.335 e. The van der Waals surface area contributed by atoms with E-state index in [0.717, 1.165) is 36.3 Å². The van der Waals surface area contributed by atoms with E-state index in [0.29, 0.717) is 28.9 Å². The topological polar surface area (TPSA) is 91.4 Å². The van der Waals surface area contributed by atoms with Gasteiger partial charge in [-0.25, -0.2) is 18.2 Å². The van der Waals surface area contributed by atoms with Gasteiger partial charge in [0.05, 0.1) is 12.2 Å². The second-order valence-electron chi connectivity index (χ2n) is 6.49. The van der Waals surface area contributed by atoms with Crippen LogP contribution in [-0.2, 0) is 23.0 Å². The van der Waals surface area contributed by atoms with Crippen LogP contribution in [0.1, 0.15) is 36.3 Å². The highest BCUT2D eigenvalue weighted by Crippen LogP contribution is 2.32. The molecule has 10 heteroatoms. The van der Waals surface area contributed by atoms with Crippen LogP contribution in [-0.4, -0.2) is 36.3 Å². The Morgan fingerprint density at radius 1 is 1.31 bits per heavy atom. The number of carbonyl (C=O) groups excluding carboxylic acids is 1. The molecule has 3 heterocycles. The summed E-state index contributed by atoms with van der Waals surface area (Å²) in [7, 11) is -3.46. The summed E-state index contributed by atoms with van der Waals surface area (Å²) < 4.78 is 27.2. The van der Waals surface area contributed by atoms with E-state index >= 15 is 0 Å². The predicted octanol–water partition coefficient (Wildman–Crippen LogP) is 3.02. The molecule has 1 fully saturated rings. The maximum Gasteiger partial charge on any atom is 0.321 e. The molecule has 1 aliphatic carbocycles. The van der Waals surface area contributed by atoms with Crippen LogP contribution in [0.2, 0.25) is 0 Å². The first-order valence-electron chi connectivity index (χ1n) is 8.62. The standard InChI is InChI=1S/C16H20N4O3S3/c21-15(17-11-4-1-2-5-11)19-16-18-12-7-8-20(10-13(12)25-16)26(22,23)14-6-3-9-24-14/h3,6,9,11H,1-2,4-5,7-8,10H2,(H2,17,18,19,21). The number of hydrogen-bond donors (Lipinski definition) is 2. The molecule has 2 aliphatic rings. The third kappa shape index (κ3) is 3.64. The van der Waals surface area contributed by atoms with Gasteiger partial charge in [0.25, 0.3) is 10.0 Å². The summed E-state index contributed by atoms with van der Waals surface area (Å²) in [5.41, 5.74) is 0.879. The zero-order valence-electron chi connectivity index (χ0n) is 14.1. The van der Waals surface area contributed by atoms with Gasteiger partial charge in [-0.1, -0.05) is 30.2 Å². The monoisotopic (exact) mass is 412 g/mol. The number of rotatable bonds is 4. The summed E-state index contributed by atoms with van der Waals surface area (Å²) in [5.74, 6) is 0. The number of anilines is 1. The van der Waals surface area contributed by atoms with Crippen molar-refractivity contribution in [1.82, 2.24) is 14.6 Å². The number of thiophene rings is 1. The molecule has 7 nitrogen and oxygen atoms in total. The lowest BCUT2D eigenvalue weighted by molar-refractivity contribution is 0.248. The molecule has 0 aromatic carbocycles. The number of thiazole rings is 1.